The summed E-state index contributed by atoms with van der Waals surface area (Å²) in [6, 6.07) is 5.54. The van der Waals surface area contributed by atoms with Crippen LogP contribution in [0, 0.1) is 6.57 Å². The molecule has 11 heteroatoms. The molecule has 0 unspecified atom stereocenters. The fourth-order valence-corrected chi connectivity index (χ4v) is 4.24. The van der Waals surface area contributed by atoms with Gasteiger partial charge < -0.3 is 9.64 Å². The molecule has 1 aromatic rings. The molecule has 0 N–H and O–H groups in total. The molecule has 0 spiro atoms. The van der Waals surface area contributed by atoms with Crippen molar-refractivity contribution in [3.8, 4) is 0 Å². The molecule has 1 amide bonds. The highest BCUT2D eigenvalue weighted by Gasteiger charge is 2.60. The lowest BCUT2D eigenvalue weighted by Crippen LogP contribution is -2.52. The number of piperazine rings is 1. The molecule has 2 fully saturated rings. The van der Waals surface area contributed by atoms with Gasteiger partial charge in [-0.1, -0.05) is 36.6 Å². The van der Waals surface area contributed by atoms with Gasteiger partial charge in [0.15, 0.2) is 5.69 Å². The summed E-state index contributed by atoms with van der Waals surface area (Å²) < 4.78 is 79.5. The maximum atomic E-state index is 12.6. The minimum Gasteiger partial charge on any atom is -0.426 e. The van der Waals surface area contributed by atoms with Crippen LogP contribution in [0.15, 0.2) is 18.2 Å². The Labute approximate surface area is 181 Å². The van der Waals surface area contributed by atoms with Crippen molar-refractivity contribution in [1.82, 2.24) is 9.80 Å². The number of alkyl halides is 6. The second-order valence-electron chi connectivity index (χ2n) is 8.09. The molecular formula is C21H23F6N3O2. The van der Waals surface area contributed by atoms with Crippen LogP contribution in [-0.4, -0.2) is 60.5 Å². The molecule has 0 bridgehead atoms. The molecule has 0 radical (unpaired) electrons. The van der Waals surface area contributed by atoms with Gasteiger partial charge in [-0.2, -0.15) is 26.3 Å². The molecule has 1 aliphatic carbocycles. The molecule has 5 nitrogen and oxygen atoms in total. The van der Waals surface area contributed by atoms with Crippen molar-refractivity contribution in [2.75, 3.05) is 26.2 Å². The Kier molecular flexibility index (Phi) is 7.22. The van der Waals surface area contributed by atoms with Crippen LogP contribution in [-0.2, 0) is 11.3 Å². The van der Waals surface area contributed by atoms with Crippen molar-refractivity contribution >= 4 is 11.8 Å². The van der Waals surface area contributed by atoms with E-state index >= 15 is 0 Å². The third-order valence-corrected chi connectivity index (χ3v) is 5.89. The predicted molar refractivity (Wildman–Crippen MR) is 103 cm³/mol. The second kappa shape index (κ2) is 9.57. The van der Waals surface area contributed by atoms with Crippen LogP contribution in [0.1, 0.15) is 42.7 Å². The Morgan fingerprint density at radius 1 is 1.06 bits per heavy atom. The smallest absolute Gasteiger partial charge is 0.426 e. The molecule has 1 aliphatic heterocycles. The largest absolute Gasteiger partial charge is 0.434 e. The number of hydrogen-bond acceptors (Lipinski definition) is 3. The van der Waals surface area contributed by atoms with Gasteiger partial charge in [0.1, 0.15) is 0 Å². The summed E-state index contributed by atoms with van der Waals surface area (Å²) in [5.74, 6) is 0.379. The fraction of sp³-hybridized carbons (Fsp3) is 0.619. The predicted octanol–water partition coefficient (Wildman–Crippen LogP) is 5.64. The number of benzene rings is 1. The van der Waals surface area contributed by atoms with Gasteiger partial charge in [-0.3, -0.25) is 4.90 Å². The van der Waals surface area contributed by atoms with E-state index in [1.54, 1.807) is 6.07 Å². The van der Waals surface area contributed by atoms with E-state index in [1.807, 2.05) is 17.0 Å². The first kappa shape index (κ1) is 24.2. The quantitative estimate of drug-likeness (QED) is 0.428. The van der Waals surface area contributed by atoms with Crippen LogP contribution in [0.25, 0.3) is 4.85 Å². The fourth-order valence-electron chi connectivity index (χ4n) is 4.24. The molecule has 1 saturated carbocycles. The highest BCUT2D eigenvalue weighted by Crippen LogP contribution is 2.38. The van der Waals surface area contributed by atoms with E-state index in [2.05, 4.69) is 9.58 Å². The summed E-state index contributed by atoms with van der Waals surface area (Å²) in [4.78, 5) is 18.3. The van der Waals surface area contributed by atoms with E-state index in [9.17, 15) is 31.1 Å². The molecule has 1 saturated heterocycles. The van der Waals surface area contributed by atoms with E-state index in [1.165, 1.54) is 0 Å². The minimum atomic E-state index is -5.73. The van der Waals surface area contributed by atoms with Gasteiger partial charge in [-0.05, 0) is 24.3 Å². The Morgan fingerprint density at radius 2 is 1.66 bits per heavy atom. The molecule has 0 aromatic heterocycles. The summed E-state index contributed by atoms with van der Waals surface area (Å²) in [6.07, 6.45) is -12.9. The lowest BCUT2D eigenvalue weighted by Gasteiger charge is -2.35. The van der Waals surface area contributed by atoms with Crippen LogP contribution in [0.3, 0.4) is 0 Å². The van der Waals surface area contributed by atoms with Crippen molar-refractivity contribution in [1.29, 1.82) is 0 Å². The number of rotatable bonds is 4. The average molecular weight is 463 g/mol. The summed E-state index contributed by atoms with van der Waals surface area (Å²) in [5, 5.41) is 0. The number of amides is 1. The van der Waals surface area contributed by atoms with Gasteiger partial charge in [-0.15, -0.1) is 0 Å². The van der Waals surface area contributed by atoms with Crippen LogP contribution < -0.4 is 0 Å². The van der Waals surface area contributed by atoms with Crippen LogP contribution in [0.2, 0.25) is 0 Å². The molecule has 2 aliphatic rings. The van der Waals surface area contributed by atoms with Gasteiger partial charge in [0, 0.05) is 32.7 Å². The van der Waals surface area contributed by atoms with Crippen molar-refractivity contribution in [2.24, 2.45) is 0 Å². The monoisotopic (exact) mass is 463 g/mol. The SMILES string of the molecule is [C-]#[N+]c1ccc(CN2CCN(C(=O)OC(C(F)(F)F)C(F)(F)F)CC2)c(C2CCCC2)c1. The van der Waals surface area contributed by atoms with E-state index in [-0.39, 0.29) is 26.2 Å². The third kappa shape index (κ3) is 5.85. The van der Waals surface area contributed by atoms with Gasteiger partial charge in [-0.25, -0.2) is 9.64 Å². The summed E-state index contributed by atoms with van der Waals surface area (Å²) >= 11 is 0. The van der Waals surface area contributed by atoms with Crippen LogP contribution in [0.4, 0.5) is 36.8 Å². The van der Waals surface area contributed by atoms with Gasteiger partial charge in [0.25, 0.3) is 6.10 Å². The average Bonchev–Trinajstić information content (AvgIpc) is 3.25. The van der Waals surface area contributed by atoms with E-state index in [4.69, 9.17) is 6.57 Å². The zero-order chi connectivity index (χ0) is 23.5. The standard InChI is InChI=1S/C21H23F6N3O2/c1-28-16-7-6-15(17(12-16)14-4-2-3-5-14)13-29-8-10-30(11-9-29)19(31)32-18(20(22,23)24)21(25,26)27/h6-7,12,14,18H,2-5,8-11,13H2. The molecule has 0 atom stereocenters. The Bertz CT molecular complexity index is 837. The van der Waals surface area contributed by atoms with Crippen LogP contribution in [0.5, 0.6) is 0 Å². The molecule has 1 aromatic carbocycles. The number of ether oxygens (including phenoxy) is 1. The minimum absolute atomic E-state index is 0.0415. The van der Waals surface area contributed by atoms with E-state index < -0.39 is 24.5 Å². The zero-order valence-corrected chi connectivity index (χ0v) is 17.2. The number of nitrogens with zero attached hydrogens (tertiary/aromatic N) is 3. The first-order valence-corrected chi connectivity index (χ1v) is 10.3. The molecular weight excluding hydrogens is 440 g/mol. The van der Waals surface area contributed by atoms with Gasteiger partial charge in [0.05, 0.1) is 6.57 Å². The highest BCUT2D eigenvalue weighted by molar-refractivity contribution is 5.68. The van der Waals surface area contributed by atoms with Crippen molar-refractivity contribution in [2.45, 2.75) is 56.6 Å². The summed E-state index contributed by atoms with van der Waals surface area (Å²) in [5.41, 5.74) is 2.73. The summed E-state index contributed by atoms with van der Waals surface area (Å²) in [6.45, 7) is 8.26. The Hall–Kier alpha value is -2.48. The molecule has 32 heavy (non-hydrogen) atoms. The van der Waals surface area contributed by atoms with E-state index in [0.29, 0.717) is 18.2 Å². The number of carbonyl (C=O) groups excluding carboxylic acids is 1. The van der Waals surface area contributed by atoms with Crippen molar-refractivity contribution in [3.05, 3.63) is 40.7 Å². The van der Waals surface area contributed by atoms with Crippen molar-refractivity contribution in [3.63, 3.8) is 0 Å². The Balaban J connectivity index is 1.61. The first-order chi connectivity index (χ1) is 15.0. The van der Waals surface area contributed by atoms with Gasteiger partial charge >= 0.3 is 18.4 Å². The van der Waals surface area contributed by atoms with E-state index in [0.717, 1.165) is 41.7 Å². The maximum Gasteiger partial charge on any atom is 0.434 e. The molecule has 1 heterocycles. The second-order valence-corrected chi connectivity index (χ2v) is 8.09. The first-order valence-electron chi connectivity index (χ1n) is 10.3. The normalized spacial score (nSPS) is 18.8. The molecule has 176 valence electrons. The zero-order valence-electron chi connectivity index (χ0n) is 17.2. The number of halogens is 6. The van der Waals surface area contributed by atoms with Crippen LogP contribution >= 0.6 is 0 Å². The Morgan fingerprint density at radius 3 is 2.19 bits per heavy atom. The highest BCUT2D eigenvalue weighted by atomic mass is 19.4. The topological polar surface area (TPSA) is 37.1 Å². The lowest BCUT2D eigenvalue weighted by molar-refractivity contribution is -0.308. The molecule has 3 rings (SSSR count). The summed E-state index contributed by atoms with van der Waals surface area (Å²) in [7, 11) is 0. The number of hydrogen-bond donors (Lipinski definition) is 0. The number of carbonyl (C=O) groups is 1. The van der Waals surface area contributed by atoms with Gasteiger partial charge in [0.2, 0.25) is 0 Å². The maximum absolute atomic E-state index is 12.6. The van der Waals surface area contributed by atoms with Crippen molar-refractivity contribution < 1.29 is 35.9 Å². The third-order valence-electron chi connectivity index (χ3n) is 5.89. The lowest BCUT2D eigenvalue weighted by atomic mass is 9.92.